The number of hydrogen-bond acceptors (Lipinski definition) is 2. The van der Waals surface area contributed by atoms with Crippen LogP contribution in [0.2, 0.25) is 0 Å². The van der Waals surface area contributed by atoms with Gasteiger partial charge >= 0.3 is 12.0 Å². The fourth-order valence-electron chi connectivity index (χ4n) is 3.44. The van der Waals surface area contributed by atoms with E-state index in [-0.39, 0.29) is 18.1 Å². The lowest BCUT2D eigenvalue weighted by Gasteiger charge is -2.30. The van der Waals surface area contributed by atoms with Gasteiger partial charge in [-0.3, -0.25) is 4.79 Å². The Labute approximate surface area is 120 Å². The number of carbonyl (C=O) groups excluding carboxylic acids is 1. The van der Waals surface area contributed by atoms with Crippen molar-refractivity contribution in [2.75, 3.05) is 0 Å². The van der Waals surface area contributed by atoms with Gasteiger partial charge in [-0.05, 0) is 51.4 Å². The molecule has 0 heterocycles. The summed E-state index contributed by atoms with van der Waals surface area (Å²) in [5.41, 5.74) is -0.821. The van der Waals surface area contributed by atoms with Gasteiger partial charge in [-0.25, -0.2) is 4.79 Å². The zero-order valence-corrected chi connectivity index (χ0v) is 12.4. The average Bonchev–Trinajstić information content (AvgIpc) is 2.75. The Morgan fingerprint density at radius 3 is 2.35 bits per heavy atom. The number of carbonyl (C=O) groups is 2. The first kappa shape index (κ1) is 15.1. The molecule has 2 rings (SSSR count). The van der Waals surface area contributed by atoms with Gasteiger partial charge in [0, 0.05) is 12.1 Å². The number of hydrogen-bond donors (Lipinski definition) is 3. The number of urea groups is 1. The highest BCUT2D eigenvalue weighted by molar-refractivity contribution is 5.79. The Morgan fingerprint density at radius 1 is 1.10 bits per heavy atom. The second-order valence-electron chi connectivity index (χ2n) is 6.74. The highest BCUT2D eigenvalue weighted by atomic mass is 16.4. The van der Waals surface area contributed by atoms with Gasteiger partial charge in [0.05, 0.1) is 5.41 Å². The second kappa shape index (κ2) is 6.02. The lowest BCUT2D eigenvalue weighted by molar-refractivity contribution is -0.148. The standard InChI is InChI=1S/C15H26N2O3/c1-10-5-7-11(8-6-10)16-14(20)17-12-4-3-9-15(12,2)13(18)19/h10-12H,3-9H2,1-2H3,(H,18,19)(H2,16,17,20). The molecule has 2 fully saturated rings. The Bertz CT molecular complexity index is 377. The number of amides is 2. The van der Waals surface area contributed by atoms with E-state index in [9.17, 15) is 14.7 Å². The summed E-state index contributed by atoms with van der Waals surface area (Å²) in [6.45, 7) is 3.97. The second-order valence-corrected chi connectivity index (χ2v) is 6.74. The molecule has 0 radical (unpaired) electrons. The predicted molar refractivity (Wildman–Crippen MR) is 76.5 cm³/mol. The van der Waals surface area contributed by atoms with Crippen LogP contribution in [0.1, 0.15) is 58.8 Å². The van der Waals surface area contributed by atoms with Crippen LogP contribution in [0.15, 0.2) is 0 Å². The first-order chi connectivity index (χ1) is 9.41. The van der Waals surface area contributed by atoms with Crippen LogP contribution >= 0.6 is 0 Å². The van der Waals surface area contributed by atoms with E-state index in [4.69, 9.17) is 0 Å². The molecular weight excluding hydrogens is 256 g/mol. The zero-order chi connectivity index (χ0) is 14.8. The summed E-state index contributed by atoms with van der Waals surface area (Å²) in [6, 6.07) is -0.227. The highest BCUT2D eigenvalue weighted by Crippen LogP contribution is 2.38. The molecule has 0 spiro atoms. The van der Waals surface area contributed by atoms with E-state index < -0.39 is 11.4 Å². The number of carboxylic acids is 1. The summed E-state index contributed by atoms with van der Waals surface area (Å²) >= 11 is 0. The molecule has 3 N–H and O–H groups in total. The number of nitrogens with one attached hydrogen (secondary N) is 2. The summed E-state index contributed by atoms with van der Waals surface area (Å²) in [7, 11) is 0. The van der Waals surface area contributed by atoms with Crippen molar-refractivity contribution in [2.45, 2.75) is 70.9 Å². The summed E-state index contributed by atoms with van der Waals surface area (Å²) in [5, 5.41) is 15.2. The molecule has 0 aromatic carbocycles. The first-order valence-corrected chi connectivity index (χ1v) is 7.72. The van der Waals surface area contributed by atoms with E-state index in [1.54, 1.807) is 6.92 Å². The minimum Gasteiger partial charge on any atom is -0.481 e. The highest BCUT2D eigenvalue weighted by Gasteiger charge is 2.46. The molecule has 2 saturated carbocycles. The Hall–Kier alpha value is -1.26. The summed E-state index contributed by atoms with van der Waals surface area (Å²) < 4.78 is 0. The molecule has 5 heteroatoms. The maximum Gasteiger partial charge on any atom is 0.315 e. The molecule has 20 heavy (non-hydrogen) atoms. The fraction of sp³-hybridized carbons (Fsp3) is 0.867. The van der Waals surface area contributed by atoms with Crippen molar-refractivity contribution >= 4 is 12.0 Å². The van der Waals surface area contributed by atoms with Crippen molar-refractivity contribution in [2.24, 2.45) is 11.3 Å². The van der Waals surface area contributed by atoms with E-state index in [2.05, 4.69) is 17.6 Å². The van der Waals surface area contributed by atoms with Crippen molar-refractivity contribution in [1.82, 2.24) is 10.6 Å². The van der Waals surface area contributed by atoms with Gasteiger partial charge in [0.25, 0.3) is 0 Å². The topological polar surface area (TPSA) is 78.4 Å². The van der Waals surface area contributed by atoms with Crippen LogP contribution in [-0.4, -0.2) is 29.2 Å². The van der Waals surface area contributed by atoms with Crippen LogP contribution in [0.5, 0.6) is 0 Å². The van der Waals surface area contributed by atoms with Crippen molar-refractivity contribution in [1.29, 1.82) is 0 Å². The van der Waals surface area contributed by atoms with Gasteiger partial charge in [-0.2, -0.15) is 0 Å². The molecule has 0 aromatic rings. The molecule has 5 nitrogen and oxygen atoms in total. The molecule has 2 atom stereocenters. The van der Waals surface area contributed by atoms with E-state index in [0.717, 1.165) is 44.4 Å². The van der Waals surface area contributed by atoms with Gasteiger partial charge in [-0.15, -0.1) is 0 Å². The average molecular weight is 282 g/mol. The number of carboxylic acid groups (broad SMARTS) is 1. The quantitative estimate of drug-likeness (QED) is 0.744. The maximum atomic E-state index is 12.0. The normalized spacial score (nSPS) is 37.4. The van der Waals surface area contributed by atoms with Crippen molar-refractivity contribution < 1.29 is 14.7 Å². The lowest BCUT2D eigenvalue weighted by Crippen LogP contribution is -2.52. The Kier molecular flexibility index (Phi) is 4.55. The zero-order valence-electron chi connectivity index (χ0n) is 12.4. The molecule has 114 valence electrons. The van der Waals surface area contributed by atoms with Gasteiger partial charge in [0.2, 0.25) is 0 Å². The molecule has 2 unspecified atom stereocenters. The first-order valence-electron chi connectivity index (χ1n) is 7.72. The third-order valence-electron chi connectivity index (χ3n) is 5.10. The van der Waals surface area contributed by atoms with Gasteiger partial charge in [0.1, 0.15) is 0 Å². The van der Waals surface area contributed by atoms with Crippen LogP contribution < -0.4 is 10.6 Å². The summed E-state index contributed by atoms with van der Waals surface area (Å²) in [4.78, 5) is 23.4. The molecule has 0 aliphatic heterocycles. The molecule has 2 aliphatic carbocycles. The summed E-state index contributed by atoms with van der Waals surface area (Å²) in [6.07, 6.45) is 6.59. The molecule has 0 aromatic heterocycles. The van der Waals surface area contributed by atoms with Crippen LogP contribution in [-0.2, 0) is 4.79 Å². The van der Waals surface area contributed by atoms with E-state index >= 15 is 0 Å². The van der Waals surface area contributed by atoms with Crippen LogP contribution in [0.25, 0.3) is 0 Å². The van der Waals surface area contributed by atoms with Crippen molar-refractivity contribution in [3.8, 4) is 0 Å². The summed E-state index contributed by atoms with van der Waals surface area (Å²) in [5.74, 6) is -0.0620. The van der Waals surface area contributed by atoms with E-state index in [1.165, 1.54) is 0 Å². The largest absolute Gasteiger partial charge is 0.481 e. The van der Waals surface area contributed by atoms with E-state index in [1.807, 2.05) is 0 Å². The molecular formula is C15H26N2O3. The smallest absolute Gasteiger partial charge is 0.315 e. The van der Waals surface area contributed by atoms with Gasteiger partial charge in [0.15, 0.2) is 0 Å². The predicted octanol–water partition coefficient (Wildman–Crippen LogP) is 2.51. The Morgan fingerprint density at radius 2 is 1.75 bits per heavy atom. The minimum atomic E-state index is -0.821. The molecule has 0 saturated heterocycles. The number of rotatable bonds is 3. The third kappa shape index (κ3) is 3.25. The maximum absolute atomic E-state index is 12.0. The van der Waals surface area contributed by atoms with Gasteiger partial charge in [-0.1, -0.05) is 13.3 Å². The van der Waals surface area contributed by atoms with Crippen LogP contribution in [0.4, 0.5) is 4.79 Å². The molecule has 2 aliphatic rings. The van der Waals surface area contributed by atoms with Crippen molar-refractivity contribution in [3.05, 3.63) is 0 Å². The Balaban J connectivity index is 1.84. The van der Waals surface area contributed by atoms with Crippen LogP contribution in [0, 0.1) is 11.3 Å². The third-order valence-corrected chi connectivity index (χ3v) is 5.10. The molecule has 2 amide bonds. The van der Waals surface area contributed by atoms with Crippen LogP contribution in [0.3, 0.4) is 0 Å². The SMILES string of the molecule is CC1CCC(NC(=O)NC2CCCC2(C)C(=O)O)CC1. The number of aliphatic carboxylic acids is 1. The monoisotopic (exact) mass is 282 g/mol. The lowest BCUT2D eigenvalue weighted by atomic mass is 9.85. The minimum absolute atomic E-state index is 0.205. The fourth-order valence-corrected chi connectivity index (χ4v) is 3.44. The molecule has 0 bridgehead atoms. The van der Waals surface area contributed by atoms with Gasteiger partial charge < -0.3 is 15.7 Å². The van der Waals surface area contributed by atoms with Crippen molar-refractivity contribution in [3.63, 3.8) is 0 Å². The van der Waals surface area contributed by atoms with E-state index in [0.29, 0.717) is 6.42 Å².